The van der Waals surface area contributed by atoms with Gasteiger partial charge in [0.25, 0.3) is 0 Å². The summed E-state index contributed by atoms with van der Waals surface area (Å²) >= 11 is 0. The van der Waals surface area contributed by atoms with Gasteiger partial charge >= 0.3 is 0 Å². The van der Waals surface area contributed by atoms with E-state index in [4.69, 9.17) is 0 Å². The van der Waals surface area contributed by atoms with Gasteiger partial charge in [-0.15, -0.1) is 0 Å². The largest absolute Gasteiger partial charge is 0.310 e. The number of rotatable bonds is 2. The van der Waals surface area contributed by atoms with Crippen LogP contribution in [-0.4, -0.2) is 36.1 Å². The summed E-state index contributed by atoms with van der Waals surface area (Å²) in [5.74, 6) is 1.91. The summed E-state index contributed by atoms with van der Waals surface area (Å²) in [6, 6.07) is 0.807. The monoisotopic (exact) mass is 290 g/mol. The van der Waals surface area contributed by atoms with Gasteiger partial charge in [0, 0.05) is 18.1 Å². The van der Waals surface area contributed by atoms with Crippen LogP contribution in [0.4, 0.5) is 0 Å². The van der Waals surface area contributed by atoms with Gasteiger partial charge in [0.2, 0.25) is 0 Å². The molecular weight excluding hydrogens is 256 g/mol. The van der Waals surface area contributed by atoms with E-state index in [1.54, 1.807) is 0 Å². The second-order valence-corrected chi connectivity index (χ2v) is 9.76. The Hall–Kier alpha value is -0.0800. The lowest BCUT2D eigenvalue weighted by atomic mass is 9.67. The molecule has 4 fully saturated rings. The molecule has 3 aliphatic carbocycles. The third-order valence-electron chi connectivity index (χ3n) is 7.72. The zero-order valence-electron chi connectivity index (χ0n) is 14.5. The minimum atomic E-state index is 0.380. The van der Waals surface area contributed by atoms with Gasteiger partial charge < -0.3 is 5.32 Å². The first kappa shape index (κ1) is 14.5. The Morgan fingerprint density at radius 2 is 1.76 bits per heavy atom. The molecule has 0 aromatic carbocycles. The number of hydrogen-bond donors (Lipinski definition) is 1. The maximum Gasteiger partial charge on any atom is 0.0308 e. The minimum absolute atomic E-state index is 0.380. The molecule has 0 aromatic rings. The first-order valence-electron chi connectivity index (χ1n) is 9.34. The molecule has 0 spiro atoms. The molecule has 1 aliphatic heterocycles. The molecule has 4 unspecified atom stereocenters. The van der Waals surface area contributed by atoms with Crippen molar-refractivity contribution in [2.45, 2.75) is 77.8 Å². The Balaban J connectivity index is 1.62. The van der Waals surface area contributed by atoms with Crippen LogP contribution in [-0.2, 0) is 0 Å². The van der Waals surface area contributed by atoms with Crippen LogP contribution in [0.3, 0.4) is 0 Å². The van der Waals surface area contributed by atoms with Gasteiger partial charge in [-0.25, -0.2) is 0 Å². The van der Waals surface area contributed by atoms with E-state index in [0.717, 1.165) is 17.9 Å². The van der Waals surface area contributed by atoms with E-state index in [9.17, 15) is 0 Å². The second-order valence-electron chi connectivity index (χ2n) is 9.76. The van der Waals surface area contributed by atoms with Crippen molar-refractivity contribution in [3.8, 4) is 0 Å². The van der Waals surface area contributed by atoms with Gasteiger partial charge in [0.05, 0.1) is 0 Å². The van der Waals surface area contributed by atoms with Crippen LogP contribution in [0.1, 0.15) is 66.2 Å². The number of fused-ring (bicyclic) bond motifs is 2. The first-order chi connectivity index (χ1) is 9.85. The quantitative estimate of drug-likeness (QED) is 0.835. The highest BCUT2D eigenvalue weighted by molar-refractivity contribution is 5.14. The van der Waals surface area contributed by atoms with Gasteiger partial charge in [-0.2, -0.15) is 0 Å². The molecule has 2 bridgehead atoms. The maximum absolute atomic E-state index is 3.92. The predicted molar refractivity (Wildman–Crippen MR) is 88.3 cm³/mol. The Kier molecular flexibility index (Phi) is 3.09. The molecule has 3 saturated carbocycles. The highest BCUT2D eigenvalue weighted by Crippen LogP contribution is 2.64. The Labute approximate surface area is 131 Å². The number of nitrogens with one attached hydrogen (secondary N) is 1. The van der Waals surface area contributed by atoms with E-state index in [-0.39, 0.29) is 0 Å². The minimum Gasteiger partial charge on any atom is -0.310 e. The van der Waals surface area contributed by atoms with Crippen molar-refractivity contribution in [3.05, 3.63) is 0 Å². The third kappa shape index (κ3) is 2.12. The van der Waals surface area contributed by atoms with E-state index in [1.165, 1.54) is 58.2 Å². The Morgan fingerprint density at radius 1 is 1.00 bits per heavy atom. The van der Waals surface area contributed by atoms with Gasteiger partial charge in [-0.1, -0.05) is 20.8 Å². The molecule has 4 atom stereocenters. The van der Waals surface area contributed by atoms with E-state index in [0.29, 0.717) is 16.4 Å². The molecule has 21 heavy (non-hydrogen) atoms. The van der Waals surface area contributed by atoms with Crippen molar-refractivity contribution in [1.82, 2.24) is 10.2 Å². The molecule has 4 aliphatic rings. The Morgan fingerprint density at radius 3 is 2.38 bits per heavy atom. The molecule has 1 heterocycles. The first-order valence-corrected chi connectivity index (χ1v) is 9.34. The van der Waals surface area contributed by atoms with Crippen molar-refractivity contribution in [2.75, 3.05) is 19.6 Å². The molecule has 1 N–H and O–H groups in total. The highest BCUT2D eigenvalue weighted by atomic mass is 15.2. The summed E-state index contributed by atoms with van der Waals surface area (Å²) in [7, 11) is 0. The third-order valence-corrected chi connectivity index (χ3v) is 7.72. The molecule has 0 amide bonds. The maximum atomic E-state index is 3.92. The van der Waals surface area contributed by atoms with Crippen molar-refractivity contribution in [1.29, 1.82) is 0 Å². The Bertz CT molecular complexity index is 423. The number of nitrogens with zero attached hydrogens (tertiary/aromatic N) is 1. The van der Waals surface area contributed by atoms with Crippen molar-refractivity contribution in [2.24, 2.45) is 22.7 Å². The van der Waals surface area contributed by atoms with Gasteiger partial charge in [-0.3, -0.25) is 4.90 Å². The fourth-order valence-electron chi connectivity index (χ4n) is 6.61. The molecule has 0 radical (unpaired) electrons. The molecule has 1 saturated heterocycles. The van der Waals surface area contributed by atoms with Crippen LogP contribution in [0, 0.1) is 22.7 Å². The lowest BCUT2D eigenvalue weighted by Crippen LogP contribution is -2.58. The molecule has 2 nitrogen and oxygen atoms in total. The smallest absolute Gasteiger partial charge is 0.0308 e. The topological polar surface area (TPSA) is 15.3 Å². The van der Waals surface area contributed by atoms with Crippen LogP contribution in [0.15, 0.2) is 0 Å². The summed E-state index contributed by atoms with van der Waals surface area (Å²) < 4.78 is 0. The lowest BCUT2D eigenvalue weighted by Gasteiger charge is -2.50. The predicted octanol–water partition coefficient (Wildman–Crippen LogP) is 3.67. The van der Waals surface area contributed by atoms with Gasteiger partial charge in [0.1, 0.15) is 0 Å². The second kappa shape index (κ2) is 4.47. The van der Waals surface area contributed by atoms with Crippen LogP contribution in [0.25, 0.3) is 0 Å². The normalized spacial score (nSPS) is 50.3. The highest BCUT2D eigenvalue weighted by Gasteiger charge is 2.61. The average molecular weight is 290 g/mol. The standard InChI is InChI=1S/C19H34N2/c1-17(2)15-8-9-18(3,12-15)16(17)21-11-5-10-20-19(4,13-21)14-6-7-14/h14-16,20H,5-13H2,1-4H3. The molecule has 4 rings (SSSR count). The fourth-order valence-corrected chi connectivity index (χ4v) is 6.61. The zero-order valence-corrected chi connectivity index (χ0v) is 14.5. The van der Waals surface area contributed by atoms with E-state index in [1.807, 2.05) is 0 Å². The van der Waals surface area contributed by atoms with E-state index >= 15 is 0 Å². The fraction of sp³-hybridized carbons (Fsp3) is 1.00. The SMILES string of the molecule is CC12CCC(C1)C(C)(C)C2N1CCCNC(C)(C2CC2)C1. The number of hydrogen-bond acceptors (Lipinski definition) is 2. The van der Waals surface area contributed by atoms with E-state index < -0.39 is 0 Å². The van der Waals surface area contributed by atoms with Gasteiger partial charge in [0.15, 0.2) is 0 Å². The van der Waals surface area contributed by atoms with Gasteiger partial charge in [-0.05, 0) is 81.2 Å². The average Bonchev–Trinajstić information content (AvgIpc) is 3.16. The van der Waals surface area contributed by atoms with Crippen LogP contribution in [0.2, 0.25) is 0 Å². The summed E-state index contributed by atoms with van der Waals surface area (Å²) in [6.45, 7) is 14.1. The van der Waals surface area contributed by atoms with Crippen molar-refractivity contribution < 1.29 is 0 Å². The molecule has 0 aromatic heterocycles. The molecule has 2 heteroatoms. The summed E-state index contributed by atoms with van der Waals surface area (Å²) in [4.78, 5) is 2.93. The van der Waals surface area contributed by atoms with Crippen molar-refractivity contribution >= 4 is 0 Å². The summed E-state index contributed by atoms with van der Waals surface area (Å²) in [5.41, 5.74) is 1.48. The van der Waals surface area contributed by atoms with Crippen LogP contribution < -0.4 is 5.32 Å². The summed E-state index contributed by atoms with van der Waals surface area (Å²) in [5, 5.41) is 3.92. The van der Waals surface area contributed by atoms with Crippen LogP contribution in [0.5, 0.6) is 0 Å². The lowest BCUT2D eigenvalue weighted by molar-refractivity contribution is -0.00631. The van der Waals surface area contributed by atoms with E-state index in [2.05, 4.69) is 37.9 Å². The summed E-state index contributed by atoms with van der Waals surface area (Å²) in [6.07, 6.45) is 8.66. The zero-order chi connectivity index (χ0) is 14.9. The molecular formula is C19H34N2. The van der Waals surface area contributed by atoms with Crippen LogP contribution >= 0.6 is 0 Å². The van der Waals surface area contributed by atoms with Crippen molar-refractivity contribution in [3.63, 3.8) is 0 Å². The molecule has 120 valence electrons.